The van der Waals surface area contributed by atoms with E-state index in [1.165, 1.54) is 18.2 Å². The second-order valence-corrected chi connectivity index (χ2v) is 10.1. The number of rotatable bonds is 8. The lowest BCUT2D eigenvalue weighted by molar-refractivity contribution is -0.138. The molecule has 0 unspecified atom stereocenters. The van der Waals surface area contributed by atoms with Gasteiger partial charge >= 0.3 is 5.97 Å². The van der Waals surface area contributed by atoms with Crippen LogP contribution in [0.2, 0.25) is 0 Å². The molecule has 0 amide bonds. The Labute approximate surface area is 189 Å². The zero-order chi connectivity index (χ0) is 24.1. The first-order valence-electron chi connectivity index (χ1n) is 10.3. The summed E-state index contributed by atoms with van der Waals surface area (Å²) in [7, 11) is -3.75. The van der Waals surface area contributed by atoms with E-state index in [0.717, 1.165) is 0 Å². The number of aliphatic hydroxyl groups excluding tert-OH is 1. The molecule has 0 saturated heterocycles. The van der Waals surface area contributed by atoms with Crippen LogP contribution in [0.4, 0.5) is 4.39 Å². The van der Waals surface area contributed by atoms with E-state index in [9.17, 15) is 22.7 Å². The fourth-order valence-corrected chi connectivity index (χ4v) is 4.60. The molecule has 0 spiro atoms. The number of carbonyl (C=O) groups excluding carboxylic acids is 1. The van der Waals surface area contributed by atoms with Crippen molar-refractivity contribution in [1.29, 1.82) is 0 Å². The first-order valence-corrected chi connectivity index (χ1v) is 11.8. The summed E-state index contributed by atoms with van der Waals surface area (Å²) in [5, 5.41) is 9.55. The van der Waals surface area contributed by atoms with Gasteiger partial charge in [0.2, 0.25) is 10.0 Å². The van der Waals surface area contributed by atoms with Gasteiger partial charge in [0.15, 0.2) is 0 Å². The topological polar surface area (TPSA) is 92.7 Å². The number of aliphatic hydroxyl groups is 1. The zero-order valence-corrected chi connectivity index (χ0v) is 19.8. The molecular weight excluding hydrogens is 433 g/mol. The van der Waals surface area contributed by atoms with Gasteiger partial charge in [-0.3, -0.25) is 0 Å². The van der Waals surface area contributed by atoms with Gasteiger partial charge in [0.05, 0.1) is 11.5 Å². The maximum Gasteiger partial charge on any atom is 0.334 e. The molecule has 0 atom stereocenters. The molecule has 32 heavy (non-hydrogen) atoms. The van der Waals surface area contributed by atoms with Crippen molar-refractivity contribution in [3.8, 4) is 0 Å². The first kappa shape index (κ1) is 25.7. The summed E-state index contributed by atoms with van der Waals surface area (Å²) < 4.78 is 47.4. The number of nitrogens with one attached hydrogen (secondary N) is 1. The quantitative estimate of drug-likeness (QED) is 0.457. The van der Waals surface area contributed by atoms with E-state index in [0.29, 0.717) is 22.3 Å². The highest BCUT2D eigenvalue weighted by Gasteiger charge is 2.24. The number of benzene rings is 2. The third kappa shape index (κ3) is 6.48. The van der Waals surface area contributed by atoms with Gasteiger partial charge in [-0.15, -0.1) is 0 Å². The average molecular weight is 464 g/mol. The number of sulfonamides is 1. The van der Waals surface area contributed by atoms with Crippen LogP contribution in [0.15, 0.2) is 52.9 Å². The molecule has 8 heteroatoms. The van der Waals surface area contributed by atoms with E-state index in [4.69, 9.17) is 4.74 Å². The Kier molecular flexibility index (Phi) is 8.34. The van der Waals surface area contributed by atoms with Gasteiger partial charge in [0, 0.05) is 24.1 Å². The number of ether oxygens (including phenoxy) is 1. The normalized spacial score (nSPS) is 13.0. The highest BCUT2D eigenvalue weighted by molar-refractivity contribution is 7.89. The lowest BCUT2D eigenvalue weighted by Gasteiger charge is -2.21. The van der Waals surface area contributed by atoms with Crippen molar-refractivity contribution in [3.05, 3.63) is 70.5 Å². The van der Waals surface area contributed by atoms with Crippen LogP contribution in [0.3, 0.4) is 0 Å². The lowest BCUT2D eigenvalue weighted by atomic mass is 9.91. The lowest BCUT2D eigenvalue weighted by Crippen LogP contribution is -2.40. The summed E-state index contributed by atoms with van der Waals surface area (Å²) in [5.41, 5.74) is 1.28. The molecule has 2 aromatic carbocycles. The van der Waals surface area contributed by atoms with Crippen molar-refractivity contribution in [2.75, 3.05) is 13.2 Å². The fourth-order valence-electron chi connectivity index (χ4n) is 3.19. The molecule has 0 fully saturated rings. The Morgan fingerprint density at radius 3 is 2.19 bits per heavy atom. The van der Waals surface area contributed by atoms with Crippen molar-refractivity contribution in [3.63, 3.8) is 0 Å². The van der Waals surface area contributed by atoms with Crippen LogP contribution in [-0.2, 0) is 19.6 Å². The Balaban J connectivity index is 2.68. The fraction of sp³-hybridized carbons (Fsp3) is 0.375. The van der Waals surface area contributed by atoms with E-state index < -0.39 is 27.3 Å². The molecule has 0 heterocycles. The van der Waals surface area contributed by atoms with E-state index in [2.05, 4.69) is 4.72 Å². The van der Waals surface area contributed by atoms with Gasteiger partial charge < -0.3 is 9.84 Å². The average Bonchev–Trinajstić information content (AvgIpc) is 2.69. The number of halogens is 1. The van der Waals surface area contributed by atoms with Crippen LogP contribution >= 0.6 is 0 Å². The van der Waals surface area contributed by atoms with Gasteiger partial charge in [0.1, 0.15) is 5.82 Å². The molecule has 6 nitrogen and oxygen atoms in total. The van der Waals surface area contributed by atoms with Crippen molar-refractivity contribution >= 4 is 21.6 Å². The zero-order valence-electron chi connectivity index (χ0n) is 19.0. The standard InChI is InChI=1S/C24H30FNO5S/c1-6-31-23(28)20(13-14-27)22(18-8-7-16(2)21(25)15-18)17-9-11-19(12-10-17)32(29,30)26-24(3,4)5/h7-12,15,26-27H,6,13-14H2,1-5H3. The van der Waals surface area contributed by atoms with Crippen LogP contribution in [0, 0.1) is 12.7 Å². The molecule has 0 aliphatic carbocycles. The summed E-state index contributed by atoms with van der Waals surface area (Å²) in [6.07, 6.45) is -0.00467. The summed E-state index contributed by atoms with van der Waals surface area (Å²) in [6.45, 7) is 8.35. The van der Waals surface area contributed by atoms with Crippen molar-refractivity contribution in [1.82, 2.24) is 4.72 Å². The van der Waals surface area contributed by atoms with Crippen molar-refractivity contribution < 1.29 is 27.4 Å². The Bertz CT molecular complexity index is 1100. The van der Waals surface area contributed by atoms with Gasteiger partial charge in [-0.25, -0.2) is 22.3 Å². The highest BCUT2D eigenvalue weighted by Crippen LogP contribution is 2.31. The van der Waals surface area contributed by atoms with E-state index in [1.807, 2.05) is 0 Å². The van der Waals surface area contributed by atoms with Gasteiger partial charge in [0.25, 0.3) is 0 Å². The minimum Gasteiger partial charge on any atom is -0.463 e. The molecule has 0 radical (unpaired) electrons. The molecular formula is C24H30FNO5S. The Morgan fingerprint density at radius 2 is 1.69 bits per heavy atom. The largest absolute Gasteiger partial charge is 0.463 e. The van der Waals surface area contributed by atoms with Crippen LogP contribution in [0.25, 0.3) is 5.57 Å². The number of carbonyl (C=O) groups is 1. The second kappa shape index (κ2) is 10.4. The molecule has 0 aliphatic heterocycles. The molecule has 0 aliphatic rings. The Hall–Kier alpha value is -2.55. The number of hydrogen-bond acceptors (Lipinski definition) is 5. The van der Waals surface area contributed by atoms with E-state index >= 15 is 0 Å². The van der Waals surface area contributed by atoms with Crippen LogP contribution in [-0.4, -0.2) is 38.2 Å². The molecule has 0 saturated carbocycles. The first-order chi connectivity index (χ1) is 14.9. The Morgan fingerprint density at radius 1 is 1.09 bits per heavy atom. The smallest absolute Gasteiger partial charge is 0.334 e. The van der Waals surface area contributed by atoms with Crippen LogP contribution in [0.5, 0.6) is 0 Å². The molecule has 174 valence electrons. The summed E-state index contributed by atoms with van der Waals surface area (Å²) >= 11 is 0. The monoisotopic (exact) mass is 463 g/mol. The molecule has 2 N–H and O–H groups in total. The summed E-state index contributed by atoms with van der Waals surface area (Å²) in [6, 6.07) is 10.6. The third-order valence-corrected chi connectivity index (χ3v) is 6.31. The van der Waals surface area contributed by atoms with Crippen LogP contribution < -0.4 is 4.72 Å². The van der Waals surface area contributed by atoms with Gasteiger partial charge in [-0.05, 0) is 75.1 Å². The summed E-state index contributed by atoms with van der Waals surface area (Å²) in [5.74, 6) is -1.07. The maximum absolute atomic E-state index is 14.4. The minimum atomic E-state index is -3.75. The molecule has 2 rings (SSSR count). The van der Waals surface area contributed by atoms with Crippen molar-refractivity contribution in [2.45, 2.75) is 51.5 Å². The van der Waals surface area contributed by atoms with E-state index in [-0.39, 0.29) is 30.1 Å². The number of hydrogen-bond donors (Lipinski definition) is 2. The third-order valence-electron chi connectivity index (χ3n) is 4.54. The SMILES string of the molecule is CCOC(=O)C(CCO)=C(c1ccc(S(=O)(=O)NC(C)(C)C)cc1)c1ccc(C)c(F)c1. The number of aryl methyl sites for hydroxylation is 1. The molecule has 2 aromatic rings. The van der Waals surface area contributed by atoms with Gasteiger partial charge in [-0.2, -0.15) is 0 Å². The highest BCUT2D eigenvalue weighted by atomic mass is 32.2. The maximum atomic E-state index is 14.4. The van der Waals surface area contributed by atoms with Gasteiger partial charge in [-0.1, -0.05) is 24.3 Å². The molecule has 0 aromatic heterocycles. The van der Waals surface area contributed by atoms with Crippen LogP contribution in [0.1, 0.15) is 50.8 Å². The summed E-state index contributed by atoms with van der Waals surface area (Å²) in [4.78, 5) is 12.7. The number of esters is 1. The predicted octanol–water partition coefficient (Wildman–Crippen LogP) is 3.96. The molecule has 0 bridgehead atoms. The second-order valence-electron chi connectivity index (χ2n) is 8.39. The van der Waals surface area contributed by atoms with E-state index in [1.54, 1.807) is 58.9 Å². The minimum absolute atomic E-state index is 0.00467. The predicted molar refractivity (Wildman–Crippen MR) is 122 cm³/mol. The van der Waals surface area contributed by atoms with Crippen molar-refractivity contribution in [2.24, 2.45) is 0 Å².